The molecule has 3 nitrogen and oxygen atoms in total. The summed E-state index contributed by atoms with van der Waals surface area (Å²) in [4.78, 5) is 12.6. The molecule has 96 valence electrons. The van der Waals surface area contributed by atoms with Gasteiger partial charge in [0.2, 0.25) is 5.91 Å². The number of likely N-dealkylation sites (tertiary alicyclic amines) is 1. The molecule has 0 bridgehead atoms. The second-order valence-corrected chi connectivity index (χ2v) is 4.07. The summed E-state index contributed by atoms with van der Waals surface area (Å²) in [6, 6.07) is 0.796. The smallest absolute Gasteiger partial charge is 0.222 e. The highest BCUT2D eigenvalue weighted by Gasteiger charge is 2.16. The van der Waals surface area contributed by atoms with E-state index in [1.54, 1.807) is 0 Å². The topological polar surface area (TPSA) is 32.3 Å². The molecule has 0 aromatic rings. The zero-order valence-corrected chi connectivity index (χ0v) is 11.4. The van der Waals surface area contributed by atoms with Gasteiger partial charge in [0, 0.05) is 25.6 Å². The van der Waals surface area contributed by atoms with Crippen molar-refractivity contribution >= 4 is 5.91 Å². The Hall–Kier alpha value is -0.570. The van der Waals surface area contributed by atoms with Crippen molar-refractivity contribution in [3.8, 4) is 0 Å². The summed E-state index contributed by atoms with van der Waals surface area (Å²) >= 11 is 0. The van der Waals surface area contributed by atoms with Crippen molar-refractivity contribution in [2.45, 2.75) is 59.4 Å². The van der Waals surface area contributed by atoms with Gasteiger partial charge in [0.1, 0.15) is 0 Å². The van der Waals surface area contributed by atoms with Crippen molar-refractivity contribution in [3.05, 3.63) is 0 Å². The molecule has 16 heavy (non-hydrogen) atoms. The number of amides is 1. The number of hydrogen-bond acceptors (Lipinski definition) is 2. The molecule has 2 aliphatic rings. The molecule has 0 aromatic carbocycles. The van der Waals surface area contributed by atoms with Gasteiger partial charge in [-0.3, -0.25) is 4.79 Å². The highest BCUT2D eigenvalue weighted by atomic mass is 16.2. The Labute approximate surface area is 101 Å². The van der Waals surface area contributed by atoms with Crippen LogP contribution in [0, 0.1) is 0 Å². The van der Waals surface area contributed by atoms with Crippen LogP contribution >= 0.6 is 0 Å². The molecule has 1 atom stereocenters. The van der Waals surface area contributed by atoms with E-state index in [1.165, 1.54) is 19.4 Å². The van der Waals surface area contributed by atoms with Gasteiger partial charge in [-0.05, 0) is 39.7 Å². The Morgan fingerprint density at radius 3 is 2.25 bits per heavy atom. The van der Waals surface area contributed by atoms with E-state index in [1.807, 2.05) is 25.7 Å². The lowest BCUT2D eigenvalue weighted by molar-refractivity contribution is -0.127. The lowest BCUT2D eigenvalue weighted by Crippen LogP contribution is -2.23. The fraction of sp³-hybridized carbons (Fsp3) is 0.923. The summed E-state index contributed by atoms with van der Waals surface area (Å²) in [5.41, 5.74) is 0. The normalized spacial score (nSPS) is 23.4. The molecule has 1 N–H and O–H groups in total. The number of nitrogens with one attached hydrogen (secondary N) is 1. The van der Waals surface area contributed by atoms with E-state index < -0.39 is 0 Å². The third-order valence-corrected chi connectivity index (χ3v) is 2.86. The maximum atomic E-state index is 10.7. The molecule has 2 fully saturated rings. The maximum absolute atomic E-state index is 10.7. The van der Waals surface area contributed by atoms with Crippen LogP contribution in [0.3, 0.4) is 0 Å². The molecule has 2 rings (SSSR count). The summed E-state index contributed by atoms with van der Waals surface area (Å²) in [5.74, 6) is 0.326. The molecule has 2 heterocycles. The third kappa shape index (κ3) is 6.11. The van der Waals surface area contributed by atoms with Gasteiger partial charge in [0.05, 0.1) is 0 Å². The molecule has 2 aliphatic heterocycles. The molecule has 2 saturated heterocycles. The SMILES string of the molecule is CC.CC1CCCN1.CCN1CCCC1=O. The molecule has 0 aliphatic carbocycles. The summed E-state index contributed by atoms with van der Waals surface area (Å²) < 4.78 is 0. The summed E-state index contributed by atoms with van der Waals surface area (Å²) in [6.45, 7) is 11.4. The molecule has 0 radical (unpaired) electrons. The van der Waals surface area contributed by atoms with E-state index in [4.69, 9.17) is 0 Å². The lowest BCUT2D eigenvalue weighted by atomic mass is 10.3. The summed E-state index contributed by atoms with van der Waals surface area (Å²) in [5, 5.41) is 3.32. The van der Waals surface area contributed by atoms with E-state index in [9.17, 15) is 4.79 Å². The first-order valence-electron chi connectivity index (χ1n) is 6.75. The Morgan fingerprint density at radius 1 is 1.38 bits per heavy atom. The second-order valence-electron chi connectivity index (χ2n) is 4.07. The van der Waals surface area contributed by atoms with Crippen LogP contribution in [0.4, 0.5) is 0 Å². The average molecular weight is 228 g/mol. The molecule has 0 spiro atoms. The highest BCUT2D eigenvalue weighted by Crippen LogP contribution is 2.07. The van der Waals surface area contributed by atoms with Crippen LogP contribution < -0.4 is 5.32 Å². The van der Waals surface area contributed by atoms with Gasteiger partial charge in [0.25, 0.3) is 0 Å². The minimum atomic E-state index is 0.326. The van der Waals surface area contributed by atoms with Gasteiger partial charge in [0.15, 0.2) is 0 Å². The quantitative estimate of drug-likeness (QED) is 0.747. The van der Waals surface area contributed by atoms with Gasteiger partial charge in [-0.2, -0.15) is 0 Å². The van der Waals surface area contributed by atoms with E-state index in [0.29, 0.717) is 5.91 Å². The molecular weight excluding hydrogens is 200 g/mol. The van der Waals surface area contributed by atoms with Gasteiger partial charge in [-0.1, -0.05) is 13.8 Å². The molecular formula is C13H28N2O. The van der Waals surface area contributed by atoms with Crippen LogP contribution in [0.25, 0.3) is 0 Å². The minimum absolute atomic E-state index is 0.326. The van der Waals surface area contributed by atoms with Gasteiger partial charge in [-0.15, -0.1) is 0 Å². The van der Waals surface area contributed by atoms with E-state index in [0.717, 1.165) is 32.0 Å². The Bertz CT molecular complexity index is 177. The lowest BCUT2D eigenvalue weighted by Gasteiger charge is -2.10. The summed E-state index contributed by atoms with van der Waals surface area (Å²) in [7, 11) is 0. The van der Waals surface area contributed by atoms with Gasteiger partial charge in [-0.25, -0.2) is 0 Å². The number of hydrogen-bond donors (Lipinski definition) is 1. The third-order valence-electron chi connectivity index (χ3n) is 2.86. The van der Waals surface area contributed by atoms with Crippen LogP contribution in [0.2, 0.25) is 0 Å². The van der Waals surface area contributed by atoms with Crippen molar-refractivity contribution in [3.63, 3.8) is 0 Å². The Balaban J connectivity index is 0.000000251. The second kappa shape index (κ2) is 9.64. The van der Waals surface area contributed by atoms with E-state index in [2.05, 4.69) is 12.2 Å². The fourth-order valence-corrected chi connectivity index (χ4v) is 1.90. The predicted octanol–water partition coefficient (Wildman–Crippen LogP) is 2.41. The number of nitrogens with zero attached hydrogens (tertiary/aromatic N) is 1. The average Bonchev–Trinajstić information content (AvgIpc) is 2.93. The monoisotopic (exact) mass is 228 g/mol. The zero-order chi connectivity index (χ0) is 12.4. The van der Waals surface area contributed by atoms with Crippen LogP contribution in [-0.4, -0.2) is 36.5 Å². The van der Waals surface area contributed by atoms with Crippen molar-refractivity contribution in [2.24, 2.45) is 0 Å². The zero-order valence-electron chi connectivity index (χ0n) is 11.4. The fourth-order valence-electron chi connectivity index (χ4n) is 1.90. The van der Waals surface area contributed by atoms with E-state index >= 15 is 0 Å². The first-order valence-corrected chi connectivity index (χ1v) is 6.75. The van der Waals surface area contributed by atoms with Crippen LogP contribution in [-0.2, 0) is 4.79 Å². The van der Waals surface area contributed by atoms with Crippen molar-refractivity contribution < 1.29 is 4.79 Å². The predicted molar refractivity (Wildman–Crippen MR) is 69.5 cm³/mol. The molecule has 0 saturated carbocycles. The van der Waals surface area contributed by atoms with E-state index in [-0.39, 0.29) is 0 Å². The van der Waals surface area contributed by atoms with Crippen LogP contribution in [0.15, 0.2) is 0 Å². The van der Waals surface area contributed by atoms with Gasteiger partial charge >= 0.3 is 0 Å². The first-order chi connectivity index (χ1) is 7.74. The van der Waals surface area contributed by atoms with Crippen molar-refractivity contribution in [1.82, 2.24) is 10.2 Å². The molecule has 1 amide bonds. The van der Waals surface area contributed by atoms with Crippen LogP contribution in [0.1, 0.15) is 53.4 Å². The molecule has 1 unspecified atom stereocenters. The van der Waals surface area contributed by atoms with Crippen LogP contribution in [0.5, 0.6) is 0 Å². The number of carbonyl (C=O) groups excluding carboxylic acids is 1. The highest BCUT2D eigenvalue weighted by molar-refractivity contribution is 5.77. The summed E-state index contributed by atoms with van der Waals surface area (Å²) in [6.07, 6.45) is 4.58. The molecule has 3 heteroatoms. The molecule has 0 aromatic heterocycles. The van der Waals surface area contributed by atoms with Crippen molar-refractivity contribution in [1.29, 1.82) is 0 Å². The number of rotatable bonds is 1. The minimum Gasteiger partial charge on any atom is -0.343 e. The largest absolute Gasteiger partial charge is 0.343 e. The maximum Gasteiger partial charge on any atom is 0.222 e. The Morgan fingerprint density at radius 2 is 2.06 bits per heavy atom. The Kier molecular flexibility index (Phi) is 9.30. The van der Waals surface area contributed by atoms with Crippen molar-refractivity contribution in [2.75, 3.05) is 19.6 Å². The first kappa shape index (κ1) is 15.4. The standard InChI is InChI=1S/C6H11NO.C5H11N.C2H6/c1-2-7-5-3-4-6(7)8;1-5-3-2-4-6-5;1-2/h2-5H2,1H3;5-6H,2-4H2,1H3;1-2H3. The van der Waals surface area contributed by atoms with Gasteiger partial charge < -0.3 is 10.2 Å². The number of carbonyl (C=O) groups is 1.